The molecule has 290 valence electrons. The van der Waals surface area contributed by atoms with Crippen molar-refractivity contribution in [2.45, 2.75) is 0 Å². The van der Waals surface area contributed by atoms with E-state index < -0.39 is 0 Å². The molecule has 4 nitrogen and oxygen atoms in total. The van der Waals surface area contributed by atoms with Crippen LogP contribution in [0.3, 0.4) is 0 Å². The third-order valence-electron chi connectivity index (χ3n) is 11.9. The highest BCUT2D eigenvalue weighted by Crippen LogP contribution is 2.46. The van der Waals surface area contributed by atoms with Gasteiger partial charge in [-0.1, -0.05) is 170 Å². The van der Waals surface area contributed by atoms with Crippen molar-refractivity contribution in [1.82, 2.24) is 9.97 Å². The predicted molar refractivity (Wildman–Crippen MR) is 255 cm³/mol. The molecule has 0 fully saturated rings. The summed E-state index contributed by atoms with van der Waals surface area (Å²) in [4.78, 5) is 11.2. The first kappa shape index (κ1) is 35.6. The summed E-state index contributed by atoms with van der Waals surface area (Å²) in [6.07, 6.45) is 0. The van der Waals surface area contributed by atoms with E-state index in [0.717, 1.165) is 116 Å². The molecule has 62 heavy (non-hydrogen) atoms. The average Bonchev–Trinajstić information content (AvgIpc) is 3.93. The summed E-state index contributed by atoms with van der Waals surface area (Å²) in [5.41, 5.74) is 16.1. The van der Waals surface area contributed by atoms with Crippen LogP contribution in [0.25, 0.3) is 122 Å². The van der Waals surface area contributed by atoms with Crippen LogP contribution in [0.5, 0.6) is 0 Å². The molecule has 3 heterocycles. The minimum absolute atomic E-state index is 0.595. The maximum Gasteiger partial charge on any atom is 0.161 e. The monoisotopic (exact) mass is 792 g/mol. The van der Waals surface area contributed by atoms with E-state index in [1.807, 2.05) is 24.3 Å². The maximum atomic E-state index is 6.67. The van der Waals surface area contributed by atoms with Gasteiger partial charge in [0.25, 0.3) is 0 Å². The lowest BCUT2D eigenvalue weighted by Crippen LogP contribution is -2.00. The Hall–Kier alpha value is -8.34. The molecular weight excluding hydrogens is 757 g/mol. The van der Waals surface area contributed by atoms with Crippen LogP contribution in [0.2, 0.25) is 0 Å². The fourth-order valence-electron chi connectivity index (χ4n) is 8.98. The van der Waals surface area contributed by atoms with Crippen LogP contribution in [0.4, 0.5) is 0 Å². The van der Waals surface area contributed by atoms with E-state index in [9.17, 15) is 0 Å². The van der Waals surface area contributed by atoms with Crippen molar-refractivity contribution in [2.75, 3.05) is 0 Å². The molecule has 4 heteroatoms. The van der Waals surface area contributed by atoms with Crippen molar-refractivity contribution >= 4 is 43.9 Å². The number of fused-ring (bicyclic) bond motifs is 6. The molecule has 0 N–H and O–H groups in total. The molecule has 0 aliphatic carbocycles. The van der Waals surface area contributed by atoms with Crippen molar-refractivity contribution in [3.05, 3.63) is 218 Å². The van der Waals surface area contributed by atoms with E-state index in [4.69, 9.17) is 18.8 Å². The van der Waals surface area contributed by atoms with Gasteiger partial charge in [0.05, 0.1) is 11.4 Å². The second-order valence-electron chi connectivity index (χ2n) is 15.6. The molecule has 0 unspecified atom stereocenters. The number of para-hydroxylation sites is 4. The maximum absolute atomic E-state index is 6.67. The molecule has 0 saturated carbocycles. The normalized spacial score (nSPS) is 11.5. The Morgan fingerprint density at radius 3 is 1.26 bits per heavy atom. The van der Waals surface area contributed by atoms with Crippen LogP contribution in [-0.4, -0.2) is 9.97 Å². The zero-order valence-electron chi connectivity index (χ0n) is 33.5. The van der Waals surface area contributed by atoms with Gasteiger partial charge in [-0.05, 0) is 93.0 Å². The Balaban J connectivity index is 1.20. The molecular formula is C58H36N2O2. The molecule has 12 aromatic rings. The third-order valence-corrected chi connectivity index (χ3v) is 11.9. The summed E-state index contributed by atoms with van der Waals surface area (Å²) in [6.45, 7) is 0. The highest BCUT2D eigenvalue weighted by atomic mass is 16.3. The zero-order valence-corrected chi connectivity index (χ0v) is 33.5. The number of furan rings is 2. The van der Waals surface area contributed by atoms with Crippen molar-refractivity contribution < 1.29 is 8.83 Å². The highest BCUT2D eigenvalue weighted by Gasteiger charge is 2.24. The Morgan fingerprint density at radius 2 is 0.694 bits per heavy atom. The SMILES string of the molecule is c1ccc(-c2cccc(-c3cc(-c4ccccc4)cc(-c4ccccc4)c3-c3nc(-c4cccc5c4oc4ccccc45)cc(-c4cccc5c4oc4ccccc45)n3)c2)cc1. The Labute approximate surface area is 358 Å². The van der Waals surface area contributed by atoms with Gasteiger partial charge in [-0.2, -0.15) is 0 Å². The molecule has 0 bridgehead atoms. The largest absolute Gasteiger partial charge is 0.455 e. The van der Waals surface area contributed by atoms with Gasteiger partial charge in [-0.15, -0.1) is 0 Å². The Morgan fingerprint density at radius 1 is 0.274 bits per heavy atom. The first-order valence-corrected chi connectivity index (χ1v) is 20.9. The van der Waals surface area contributed by atoms with Gasteiger partial charge in [0.2, 0.25) is 0 Å². The van der Waals surface area contributed by atoms with Gasteiger partial charge >= 0.3 is 0 Å². The number of rotatable bonds is 7. The first-order valence-electron chi connectivity index (χ1n) is 20.9. The van der Waals surface area contributed by atoms with E-state index in [0.29, 0.717) is 5.82 Å². The quantitative estimate of drug-likeness (QED) is 0.161. The van der Waals surface area contributed by atoms with Crippen LogP contribution >= 0.6 is 0 Å². The minimum atomic E-state index is 0.595. The number of hydrogen-bond acceptors (Lipinski definition) is 4. The van der Waals surface area contributed by atoms with E-state index in [2.05, 4.69) is 194 Å². The summed E-state index contributed by atoms with van der Waals surface area (Å²) in [7, 11) is 0. The fourth-order valence-corrected chi connectivity index (χ4v) is 8.98. The molecule has 0 saturated heterocycles. The summed E-state index contributed by atoms with van der Waals surface area (Å²) < 4.78 is 13.3. The molecule has 9 aromatic carbocycles. The summed E-state index contributed by atoms with van der Waals surface area (Å²) in [5, 5.41) is 4.20. The van der Waals surface area contributed by atoms with Gasteiger partial charge in [0.1, 0.15) is 22.3 Å². The number of aromatic nitrogens is 2. The van der Waals surface area contributed by atoms with E-state index in [-0.39, 0.29) is 0 Å². The van der Waals surface area contributed by atoms with E-state index in [1.165, 1.54) is 0 Å². The van der Waals surface area contributed by atoms with E-state index >= 15 is 0 Å². The van der Waals surface area contributed by atoms with Crippen molar-refractivity contribution in [1.29, 1.82) is 0 Å². The van der Waals surface area contributed by atoms with E-state index in [1.54, 1.807) is 0 Å². The van der Waals surface area contributed by atoms with Crippen LogP contribution in [0, 0.1) is 0 Å². The molecule has 0 amide bonds. The number of hydrogen-bond donors (Lipinski definition) is 0. The molecule has 0 radical (unpaired) electrons. The average molecular weight is 793 g/mol. The molecule has 3 aromatic heterocycles. The number of nitrogens with zero attached hydrogens (tertiary/aromatic N) is 2. The molecule has 0 aliphatic heterocycles. The molecule has 0 atom stereocenters. The van der Waals surface area contributed by atoms with Gasteiger partial charge in [0.15, 0.2) is 5.82 Å². The lowest BCUT2D eigenvalue weighted by Gasteiger charge is -2.19. The summed E-state index contributed by atoms with van der Waals surface area (Å²) in [5.74, 6) is 0.595. The lowest BCUT2D eigenvalue weighted by atomic mass is 9.86. The summed E-state index contributed by atoms with van der Waals surface area (Å²) >= 11 is 0. The molecule has 0 aliphatic rings. The highest BCUT2D eigenvalue weighted by molar-refractivity contribution is 6.11. The molecule has 12 rings (SSSR count). The van der Waals surface area contributed by atoms with Gasteiger partial charge in [-0.25, -0.2) is 9.97 Å². The Kier molecular flexibility index (Phi) is 8.46. The fraction of sp³-hybridized carbons (Fsp3) is 0. The smallest absolute Gasteiger partial charge is 0.161 e. The van der Waals surface area contributed by atoms with Crippen LogP contribution in [-0.2, 0) is 0 Å². The Bertz CT molecular complexity index is 3490. The second kappa shape index (κ2) is 14.7. The first-order chi connectivity index (χ1) is 30.7. The van der Waals surface area contributed by atoms with Crippen LogP contribution in [0.15, 0.2) is 227 Å². The minimum Gasteiger partial charge on any atom is -0.455 e. The lowest BCUT2D eigenvalue weighted by molar-refractivity contribution is 0.669. The topological polar surface area (TPSA) is 52.1 Å². The predicted octanol–water partition coefficient (Wildman–Crippen LogP) is 15.9. The van der Waals surface area contributed by atoms with Crippen molar-refractivity contribution in [3.8, 4) is 78.4 Å². The van der Waals surface area contributed by atoms with Crippen LogP contribution in [0.1, 0.15) is 0 Å². The molecule has 0 spiro atoms. The second-order valence-corrected chi connectivity index (χ2v) is 15.6. The third kappa shape index (κ3) is 6.08. The standard InChI is InChI=1S/C58H36N2O2/c1-4-17-37(18-5-1)40-23-14-24-41(33-40)50-35-42(38-19-6-2-7-20-38)34-49(39-21-8-3-9-22-39)55(50)58-59-51(47-29-15-27-45-43-25-10-12-31-53(43)61-56(45)47)36-52(60-58)48-30-16-28-46-44-26-11-13-32-54(44)62-57(46)48/h1-36H. The van der Waals surface area contributed by atoms with Crippen molar-refractivity contribution in [3.63, 3.8) is 0 Å². The van der Waals surface area contributed by atoms with Crippen molar-refractivity contribution in [2.24, 2.45) is 0 Å². The summed E-state index contributed by atoms with van der Waals surface area (Å²) in [6, 6.07) is 76.2. The van der Waals surface area contributed by atoms with Crippen LogP contribution < -0.4 is 0 Å². The zero-order chi connectivity index (χ0) is 41.0. The van der Waals surface area contributed by atoms with Gasteiger partial charge in [-0.3, -0.25) is 0 Å². The number of benzene rings is 9. The van der Waals surface area contributed by atoms with Gasteiger partial charge < -0.3 is 8.83 Å². The van der Waals surface area contributed by atoms with Gasteiger partial charge in [0, 0.05) is 38.2 Å².